The number of fused-ring (bicyclic) bond motifs is 7. The van der Waals surface area contributed by atoms with Crippen molar-refractivity contribution in [2.75, 3.05) is 4.90 Å². The second-order valence-corrected chi connectivity index (χ2v) is 17.1. The maximum absolute atomic E-state index is 2.44. The van der Waals surface area contributed by atoms with Crippen LogP contribution in [0.1, 0.15) is 0 Å². The fourth-order valence-corrected chi connectivity index (χ4v) is 10.5. The van der Waals surface area contributed by atoms with Gasteiger partial charge in [-0.2, -0.15) is 0 Å². The first kappa shape index (κ1) is 36.1. The molecule has 0 amide bonds. The van der Waals surface area contributed by atoms with Crippen molar-refractivity contribution in [3.8, 4) is 44.5 Å². The Morgan fingerprint density at radius 1 is 0.290 bits per heavy atom. The van der Waals surface area contributed by atoms with Gasteiger partial charge in [-0.25, -0.2) is 0 Å². The normalized spacial score (nSPS) is 11.5. The molecule has 290 valence electrons. The van der Waals surface area contributed by atoms with Gasteiger partial charge >= 0.3 is 0 Å². The van der Waals surface area contributed by atoms with Crippen LogP contribution in [-0.2, 0) is 0 Å². The van der Waals surface area contributed by atoms with Gasteiger partial charge in [0.1, 0.15) is 0 Å². The Morgan fingerprint density at radius 2 is 0.758 bits per heavy atom. The van der Waals surface area contributed by atoms with Crippen LogP contribution in [-0.4, -0.2) is 0 Å². The molecule has 0 atom stereocenters. The van der Waals surface area contributed by atoms with Crippen LogP contribution in [0.5, 0.6) is 0 Å². The summed E-state index contributed by atoms with van der Waals surface area (Å²) in [6.45, 7) is 0. The Morgan fingerprint density at radius 3 is 1.44 bits per heavy atom. The van der Waals surface area contributed by atoms with Crippen LogP contribution in [0.25, 0.3) is 97.0 Å². The van der Waals surface area contributed by atoms with E-state index in [2.05, 4.69) is 241 Å². The Hall–Kier alpha value is -7.78. The molecule has 1 nitrogen and oxygen atoms in total. The summed E-state index contributed by atoms with van der Waals surface area (Å²) in [6.07, 6.45) is 0. The summed E-state index contributed by atoms with van der Waals surface area (Å²) >= 11 is 1.88. The third-order valence-electron chi connectivity index (χ3n) is 12.4. The van der Waals surface area contributed by atoms with E-state index < -0.39 is 0 Å². The van der Waals surface area contributed by atoms with E-state index in [1.54, 1.807) is 0 Å². The summed E-state index contributed by atoms with van der Waals surface area (Å²) in [5.74, 6) is 0. The van der Waals surface area contributed by atoms with Gasteiger partial charge in [0.15, 0.2) is 0 Å². The van der Waals surface area contributed by atoms with Crippen molar-refractivity contribution in [2.24, 2.45) is 0 Å². The summed E-state index contributed by atoms with van der Waals surface area (Å²) in [6, 6.07) is 86.6. The van der Waals surface area contributed by atoms with Crippen molar-refractivity contribution in [1.29, 1.82) is 0 Å². The predicted octanol–water partition coefficient (Wildman–Crippen LogP) is 17.7. The fraction of sp³-hybridized carbons (Fsp3) is 0. The number of benzene rings is 11. The van der Waals surface area contributed by atoms with E-state index in [0.29, 0.717) is 0 Å². The van der Waals surface area contributed by atoms with Crippen LogP contribution in [0.15, 0.2) is 237 Å². The highest BCUT2D eigenvalue weighted by Crippen LogP contribution is 2.47. The number of thiophene rings is 1. The van der Waals surface area contributed by atoms with E-state index in [-0.39, 0.29) is 0 Å². The molecule has 1 heterocycles. The molecule has 1 aromatic heterocycles. The molecule has 0 unspecified atom stereocenters. The fourth-order valence-electron chi connectivity index (χ4n) is 9.33. The number of nitrogens with zero attached hydrogens (tertiary/aromatic N) is 1. The van der Waals surface area contributed by atoms with Crippen molar-refractivity contribution >= 4 is 80.9 Å². The molecule has 0 aliphatic rings. The van der Waals surface area contributed by atoms with Crippen molar-refractivity contribution in [3.63, 3.8) is 0 Å². The molecule has 0 spiro atoms. The molecule has 0 radical (unpaired) electrons. The lowest BCUT2D eigenvalue weighted by atomic mass is 9.94. The average Bonchev–Trinajstić information content (AvgIpc) is 3.75. The standard InChI is InChI=1S/C60H39NS/c1-2-12-42(13-3-1)53-16-8-9-17-54(53)44-29-34-52(35-30-44)61(57-20-10-19-56-59-55-18-7-6-14-43(55)31-36-58(59)62-60(56)57)51-32-27-41(28-33-51)46-23-24-49-39-50(26-25-48(49)38-46)47-22-21-40-11-4-5-15-45(40)37-47/h1-39H. The minimum absolute atomic E-state index is 1.11. The first-order valence-corrected chi connectivity index (χ1v) is 22.0. The quantitative estimate of drug-likeness (QED) is 0.155. The molecule has 0 N–H and O–H groups in total. The third kappa shape index (κ3) is 6.32. The zero-order chi connectivity index (χ0) is 41.0. The van der Waals surface area contributed by atoms with Crippen molar-refractivity contribution < 1.29 is 0 Å². The molecule has 0 aliphatic carbocycles. The largest absolute Gasteiger partial charge is 0.309 e. The Bertz CT molecular complexity index is 3620. The topological polar surface area (TPSA) is 3.24 Å². The summed E-state index contributed by atoms with van der Waals surface area (Å²) in [7, 11) is 0. The van der Waals surface area contributed by atoms with Crippen LogP contribution in [0, 0.1) is 0 Å². The number of hydrogen-bond acceptors (Lipinski definition) is 2. The second-order valence-electron chi connectivity index (χ2n) is 16.1. The highest BCUT2D eigenvalue weighted by Gasteiger charge is 2.20. The van der Waals surface area contributed by atoms with Crippen molar-refractivity contribution in [2.45, 2.75) is 0 Å². The Labute approximate surface area is 365 Å². The van der Waals surface area contributed by atoms with E-state index in [4.69, 9.17) is 0 Å². The second kappa shape index (κ2) is 15.0. The average molecular weight is 806 g/mol. The van der Waals surface area contributed by atoms with Gasteiger partial charge in [-0.05, 0) is 131 Å². The zero-order valence-corrected chi connectivity index (χ0v) is 34.7. The molecule has 0 saturated carbocycles. The van der Waals surface area contributed by atoms with Gasteiger partial charge in [0.2, 0.25) is 0 Å². The number of rotatable bonds is 7. The Balaban J connectivity index is 0.942. The molecule has 0 aliphatic heterocycles. The van der Waals surface area contributed by atoms with Crippen molar-refractivity contribution in [1.82, 2.24) is 0 Å². The zero-order valence-electron chi connectivity index (χ0n) is 33.9. The van der Waals surface area contributed by atoms with E-state index in [9.17, 15) is 0 Å². The SMILES string of the molecule is c1ccc(-c2ccccc2-c2ccc(N(c3ccc(-c4ccc5cc(-c6ccc7ccccc7c6)ccc5c4)cc3)c3cccc4c3sc3ccc5ccccc5c34)cc2)cc1. The molecular weight excluding hydrogens is 767 g/mol. The first-order valence-electron chi connectivity index (χ1n) is 21.2. The van der Waals surface area contributed by atoms with Gasteiger partial charge in [-0.1, -0.05) is 182 Å². The summed E-state index contributed by atoms with van der Waals surface area (Å²) in [4.78, 5) is 2.44. The number of hydrogen-bond donors (Lipinski definition) is 0. The van der Waals surface area contributed by atoms with Crippen LogP contribution in [0.2, 0.25) is 0 Å². The summed E-state index contributed by atoms with van der Waals surface area (Å²) in [5.41, 5.74) is 13.1. The first-order chi connectivity index (χ1) is 30.7. The van der Waals surface area contributed by atoms with E-state index >= 15 is 0 Å². The molecule has 0 fully saturated rings. The van der Waals surface area contributed by atoms with Crippen LogP contribution in [0.3, 0.4) is 0 Å². The monoisotopic (exact) mass is 805 g/mol. The van der Waals surface area contributed by atoms with Gasteiger partial charge in [0, 0.05) is 26.8 Å². The van der Waals surface area contributed by atoms with Gasteiger partial charge in [0.05, 0.1) is 10.4 Å². The van der Waals surface area contributed by atoms with Gasteiger partial charge in [-0.15, -0.1) is 11.3 Å². The molecule has 12 rings (SSSR count). The lowest BCUT2D eigenvalue weighted by Gasteiger charge is -2.26. The smallest absolute Gasteiger partial charge is 0.0640 e. The van der Waals surface area contributed by atoms with E-state index in [1.807, 2.05) is 11.3 Å². The highest BCUT2D eigenvalue weighted by molar-refractivity contribution is 7.26. The van der Waals surface area contributed by atoms with Gasteiger partial charge in [-0.3, -0.25) is 0 Å². The molecule has 0 saturated heterocycles. The molecule has 0 bridgehead atoms. The molecule has 2 heteroatoms. The van der Waals surface area contributed by atoms with Crippen LogP contribution >= 0.6 is 11.3 Å². The lowest BCUT2D eigenvalue weighted by molar-refractivity contribution is 1.30. The minimum Gasteiger partial charge on any atom is -0.309 e. The maximum Gasteiger partial charge on any atom is 0.0640 e. The van der Waals surface area contributed by atoms with E-state index in [0.717, 1.165) is 11.4 Å². The van der Waals surface area contributed by atoms with E-state index in [1.165, 1.54) is 103 Å². The van der Waals surface area contributed by atoms with Gasteiger partial charge < -0.3 is 4.90 Å². The summed E-state index contributed by atoms with van der Waals surface area (Å²) in [5, 5.41) is 10.2. The van der Waals surface area contributed by atoms with Crippen LogP contribution < -0.4 is 4.90 Å². The molecule has 62 heavy (non-hydrogen) atoms. The molecule has 12 aromatic rings. The predicted molar refractivity (Wildman–Crippen MR) is 268 cm³/mol. The minimum atomic E-state index is 1.11. The summed E-state index contributed by atoms with van der Waals surface area (Å²) < 4.78 is 2.58. The van der Waals surface area contributed by atoms with Crippen LogP contribution in [0.4, 0.5) is 17.1 Å². The maximum atomic E-state index is 2.44. The van der Waals surface area contributed by atoms with Gasteiger partial charge in [0.25, 0.3) is 0 Å². The molecular formula is C60H39NS. The lowest BCUT2D eigenvalue weighted by Crippen LogP contribution is -2.10. The highest BCUT2D eigenvalue weighted by atomic mass is 32.1. The number of anilines is 3. The molecule has 11 aromatic carbocycles. The third-order valence-corrected chi connectivity index (χ3v) is 13.6. The van der Waals surface area contributed by atoms with Crippen molar-refractivity contribution in [3.05, 3.63) is 237 Å². The Kier molecular flexibility index (Phi) is 8.76.